The summed E-state index contributed by atoms with van der Waals surface area (Å²) >= 11 is 3.48. The molecule has 0 N–H and O–H groups in total. The van der Waals surface area contributed by atoms with E-state index in [-0.39, 0.29) is 10.2 Å². The van der Waals surface area contributed by atoms with E-state index in [4.69, 9.17) is 0 Å². The van der Waals surface area contributed by atoms with Gasteiger partial charge in [0.25, 0.3) is 0 Å². The van der Waals surface area contributed by atoms with Crippen LogP contribution in [0, 0.1) is 23.2 Å². The summed E-state index contributed by atoms with van der Waals surface area (Å²) in [6.07, 6.45) is 7.87. The molecule has 1 atom stereocenters. The van der Waals surface area contributed by atoms with Gasteiger partial charge in [-0.2, -0.15) is 0 Å². The summed E-state index contributed by atoms with van der Waals surface area (Å²) in [4.78, 5) is 12.4. The summed E-state index contributed by atoms with van der Waals surface area (Å²) in [7, 11) is 0. The first-order valence-corrected chi connectivity index (χ1v) is 7.19. The molecule has 84 valence electrons. The number of carbonyl (C=O) groups excluding carboxylic acids is 1. The SMILES string of the molecule is C[C@H](Br)C(=O)C12CC3CC(CC(C3)C1)C2. The molecule has 0 aromatic heterocycles. The van der Waals surface area contributed by atoms with Crippen LogP contribution in [0.1, 0.15) is 45.4 Å². The molecule has 0 amide bonds. The van der Waals surface area contributed by atoms with Crippen molar-refractivity contribution in [2.75, 3.05) is 0 Å². The molecule has 4 saturated carbocycles. The number of carbonyl (C=O) groups is 1. The lowest BCUT2D eigenvalue weighted by Crippen LogP contribution is -2.51. The van der Waals surface area contributed by atoms with Crippen LogP contribution >= 0.6 is 15.9 Å². The number of halogens is 1. The predicted molar refractivity (Wildman–Crippen MR) is 64.0 cm³/mol. The predicted octanol–water partition coefficient (Wildman–Crippen LogP) is 3.56. The summed E-state index contributed by atoms with van der Waals surface area (Å²) in [6, 6.07) is 0. The maximum absolute atomic E-state index is 12.3. The van der Waals surface area contributed by atoms with Gasteiger partial charge in [0.05, 0.1) is 4.83 Å². The van der Waals surface area contributed by atoms with E-state index < -0.39 is 0 Å². The Hall–Kier alpha value is 0.150. The molecule has 0 aliphatic heterocycles. The van der Waals surface area contributed by atoms with Crippen LogP contribution in [0.15, 0.2) is 0 Å². The zero-order valence-electron chi connectivity index (χ0n) is 9.34. The van der Waals surface area contributed by atoms with Crippen molar-refractivity contribution in [1.29, 1.82) is 0 Å². The van der Waals surface area contributed by atoms with Crippen LogP contribution < -0.4 is 0 Å². The largest absolute Gasteiger partial charge is 0.298 e. The summed E-state index contributed by atoms with van der Waals surface area (Å²) in [5.41, 5.74) is 0.0949. The van der Waals surface area contributed by atoms with Crippen LogP contribution in [0.2, 0.25) is 0 Å². The molecule has 0 unspecified atom stereocenters. The second-order valence-electron chi connectivity index (χ2n) is 6.18. The monoisotopic (exact) mass is 270 g/mol. The van der Waals surface area contributed by atoms with Gasteiger partial charge in [0, 0.05) is 5.41 Å². The van der Waals surface area contributed by atoms with Gasteiger partial charge in [0.15, 0.2) is 5.78 Å². The Kier molecular flexibility index (Phi) is 2.28. The normalized spacial score (nSPS) is 49.3. The lowest BCUT2D eigenvalue weighted by Gasteiger charge is -2.56. The molecule has 0 aromatic rings. The standard InChI is InChI=1S/C13H19BrO/c1-8(14)12(15)13-5-9-2-10(6-13)4-11(3-9)7-13/h8-11H,2-7H2,1H3/t8-,9?,10?,11?,13?/m0/s1. The molecule has 4 rings (SSSR count). The highest BCUT2D eigenvalue weighted by Gasteiger charge is 2.54. The molecule has 2 heteroatoms. The molecule has 0 radical (unpaired) electrons. The first-order chi connectivity index (χ1) is 7.09. The van der Waals surface area contributed by atoms with Crippen molar-refractivity contribution >= 4 is 21.7 Å². The zero-order chi connectivity index (χ0) is 10.6. The minimum Gasteiger partial charge on any atom is -0.298 e. The lowest BCUT2D eigenvalue weighted by molar-refractivity contribution is -0.142. The molecule has 0 aromatic carbocycles. The van der Waals surface area contributed by atoms with Crippen LogP contribution in [-0.4, -0.2) is 10.6 Å². The van der Waals surface area contributed by atoms with Crippen LogP contribution in [-0.2, 0) is 4.79 Å². The second kappa shape index (κ2) is 3.32. The van der Waals surface area contributed by atoms with Gasteiger partial charge in [-0.1, -0.05) is 15.9 Å². The van der Waals surface area contributed by atoms with Gasteiger partial charge in [-0.25, -0.2) is 0 Å². The summed E-state index contributed by atoms with van der Waals surface area (Å²) in [5, 5.41) is 0. The van der Waals surface area contributed by atoms with Gasteiger partial charge in [-0.3, -0.25) is 4.79 Å². The minimum absolute atomic E-state index is 0.0637. The average Bonchev–Trinajstić information content (AvgIpc) is 2.14. The highest BCUT2D eigenvalue weighted by molar-refractivity contribution is 9.10. The van der Waals surface area contributed by atoms with Gasteiger partial charge < -0.3 is 0 Å². The Morgan fingerprint density at radius 2 is 1.53 bits per heavy atom. The molecule has 15 heavy (non-hydrogen) atoms. The van der Waals surface area contributed by atoms with Crippen LogP contribution in [0.4, 0.5) is 0 Å². The summed E-state index contributed by atoms with van der Waals surface area (Å²) in [5.74, 6) is 3.14. The van der Waals surface area contributed by atoms with E-state index >= 15 is 0 Å². The van der Waals surface area contributed by atoms with E-state index in [1.165, 1.54) is 38.5 Å². The Labute approximate surface area is 100 Å². The van der Waals surface area contributed by atoms with Crippen molar-refractivity contribution in [3.8, 4) is 0 Å². The Morgan fingerprint density at radius 3 is 1.87 bits per heavy atom. The Bertz CT molecular complexity index is 260. The summed E-state index contributed by atoms with van der Waals surface area (Å²) in [6.45, 7) is 2.00. The van der Waals surface area contributed by atoms with Crippen LogP contribution in [0.5, 0.6) is 0 Å². The van der Waals surface area contributed by atoms with Gasteiger partial charge >= 0.3 is 0 Å². The highest BCUT2D eigenvalue weighted by atomic mass is 79.9. The maximum Gasteiger partial charge on any atom is 0.152 e. The van der Waals surface area contributed by atoms with E-state index in [0.717, 1.165) is 17.8 Å². The molecule has 0 spiro atoms. The number of Topliss-reactive ketones (excluding diaryl/α,β-unsaturated/α-hetero) is 1. The van der Waals surface area contributed by atoms with E-state index in [9.17, 15) is 4.79 Å². The van der Waals surface area contributed by atoms with Crippen molar-refractivity contribution in [2.45, 2.75) is 50.3 Å². The van der Waals surface area contributed by atoms with Gasteiger partial charge in [0.1, 0.15) is 0 Å². The number of ketones is 1. The van der Waals surface area contributed by atoms with Crippen LogP contribution in [0.3, 0.4) is 0 Å². The van der Waals surface area contributed by atoms with E-state index in [1.54, 1.807) is 0 Å². The van der Waals surface area contributed by atoms with Gasteiger partial charge in [-0.15, -0.1) is 0 Å². The molecule has 4 fully saturated rings. The first kappa shape index (κ1) is 10.3. The van der Waals surface area contributed by atoms with Crippen molar-refractivity contribution in [3.63, 3.8) is 0 Å². The average molecular weight is 271 g/mol. The fourth-order valence-electron chi connectivity index (χ4n) is 4.83. The van der Waals surface area contributed by atoms with E-state index in [2.05, 4.69) is 15.9 Å². The molecule has 1 nitrogen and oxygen atoms in total. The van der Waals surface area contributed by atoms with Crippen LogP contribution in [0.25, 0.3) is 0 Å². The third-order valence-corrected chi connectivity index (χ3v) is 5.34. The number of hydrogen-bond donors (Lipinski definition) is 0. The number of rotatable bonds is 2. The van der Waals surface area contributed by atoms with Crippen molar-refractivity contribution in [1.82, 2.24) is 0 Å². The second-order valence-corrected chi connectivity index (χ2v) is 7.55. The topological polar surface area (TPSA) is 17.1 Å². The van der Waals surface area contributed by atoms with Crippen molar-refractivity contribution in [3.05, 3.63) is 0 Å². The first-order valence-electron chi connectivity index (χ1n) is 6.27. The molecular weight excluding hydrogens is 252 g/mol. The maximum atomic E-state index is 12.3. The summed E-state index contributed by atoms with van der Waals surface area (Å²) < 4.78 is 0. The van der Waals surface area contributed by atoms with Crippen molar-refractivity contribution in [2.24, 2.45) is 23.2 Å². The Balaban J connectivity index is 1.90. The zero-order valence-corrected chi connectivity index (χ0v) is 10.9. The fourth-order valence-corrected chi connectivity index (χ4v) is 5.32. The third kappa shape index (κ3) is 1.51. The molecule has 0 heterocycles. The molecule has 4 aliphatic rings. The highest BCUT2D eigenvalue weighted by Crippen LogP contribution is 2.60. The smallest absolute Gasteiger partial charge is 0.152 e. The molecule has 4 aliphatic carbocycles. The lowest BCUT2D eigenvalue weighted by atomic mass is 9.48. The van der Waals surface area contributed by atoms with E-state index in [1.807, 2.05) is 6.92 Å². The fraction of sp³-hybridized carbons (Fsp3) is 0.923. The van der Waals surface area contributed by atoms with E-state index in [0.29, 0.717) is 5.78 Å². The third-order valence-electron chi connectivity index (χ3n) is 4.92. The Morgan fingerprint density at radius 1 is 1.13 bits per heavy atom. The number of hydrogen-bond acceptors (Lipinski definition) is 1. The quantitative estimate of drug-likeness (QED) is 0.702. The number of alkyl halides is 1. The van der Waals surface area contributed by atoms with Crippen molar-refractivity contribution < 1.29 is 4.79 Å². The molecule has 0 saturated heterocycles. The minimum atomic E-state index is 0.0637. The molecule has 4 bridgehead atoms. The molecular formula is C13H19BrO. The van der Waals surface area contributed by atoms with Gasteiger partial charge in [0.2, 0.25) is 0 Å². The van der Waals surface area contributed by atoms with Gasteiger partial charge in [-0.05, 0) is 63.2 Å².